The van der Waals surface area contributed by atoms with Gasteiger partial charge in [0.1, 0.15) is 18.6 Å². The molecule has 3 heterocycles. The molecule has 1 fully saturated rings. The maximum atomic E-state index is 12.3. The van der Waals surface area contributed by atoms with E-state index >= 15 is 0 Å². The first-order valence-electron chi connectivity index (χ1n) is 11.9. The second kappa shape index (κ2) is 11.9. The van der Waals surface area contributed by atoms with Gasteiger partial charge in [0.05, 0.1) is 26.3 Å². The number of fused-ring (bicyclic) bond motifs is 1. The first-order chi connectivity index (χ1) is 16.7. The third kappa shape index (κ3) is 6.12. The van der Waals surface area contributed by atoms with Crippen molar-refractivity contribution in [2.24, 2.45) is 0 Å². The van der Waals surface area contributed by atoms with E-state index in [1.165, 1.54) is 12.3 Å². The van der Waals surface area contributed by atoms with E-state index in [1.807, 2.05) is 12.1 Å². The molecule has 2 aromatic heterocycles. The van der Waals surface area contributed by atoms with Crippen LogP contribution < -0.4 is 19.6 Å². The van der Waals surface area contributed by atoms with E-state index in [4.69, 9.17) is 28.1 Å². The van der Waals surface area contributed by atoms with Crippen LogP contribution in [-0.4, -0.2) is 38.3 Å². The highest BCUT2D eigenvalue weighted by atomic mass is 16.7. The van der Waals surface area contributed by atoms with E-state index in [-0.39, 0.29) is 24.1 Å². The van der Waals surface area contributed by atoms with Crippen LogP contribution in [0.1, 0.15) is 44.3 Å². The van der Waals surface area contributed by atoms with Gasteiger partial charge >= 0.3 is 0 Å². The first kappa shape index (κ1) is 24.2. The Kier molecular flexibility index (Phi) is 8.49. The van der Waals surface area contributed by atoms with Crippen molar-refractivity contribution in [3.8, 4) is 17.2 Å². The SMILES string of the molecule is COc1cc2ccn(CCCCCOc3coc(COC4CCCCO4)cc3=O)c2cc1OC. The van der Waals surface area contributed by atoms with Crippen molar-refractivity contribution in [1.82, 2.24) is 4.57 Å². The van der Waals surface area contributed by atoms with Crippen LogP contribution in [0.5, 0.6) is 17.2 Å². The van der Waals surface area contributed by atoms with Crippen LogP contribution in [-0.2, 0) is 22.6 Å². The molecule has 0 bridgehead atoms. The number of ether oxygens (including phenoxy) is 5. The van der Waals surface area contributed by atoms with Gasteiger partial charge in [-0.15, -0.1) is 0 Å². The van der Waals surface area contributed by atoms with Crippen LogP contribution in [0.25, 0.3) is 10.9 Å². The first-order valence-corrected chi connectivity index (χ1v) is 11.9. The van der Waals surface area contributed by atoms with E-state index in [2.05, 4.69) is 16.8 Å². The Balaban J connectivity index is 1.19. The van der Waals surface area contributed by atoms with Gasteiger partial charge in [-0.2, -0.15) is 0 Å². The van der Waals surface area contributed by atoms with Gasteiger partial charge in [-0.1, -0.05) is 0 Å². The third-order valence-electron chi connectivity index (χ3n) is 5.98. The fourth-order valence-electron chi connectivity index (χ4n) is 4.09. The van der Waals surface area contributed by atoms with E-state index in [0.717, 1.165) is 67.5 Å². The molecule has 1 aromatic carbocycles. The minimum Gasteiger partial charge on any atom is -0.493 e. The molecule has 0 amide bonds. The van der Waals surface area contributed by atoms with Gasteiger partial charge < -0.3 is 32.7 Å². The van der Waals surface area contributed by atoms with Gasteiger partial charge in [-0.25, -0.2) is 0 Å². The summed E-state index contributed by atoms with van der Waals surface area (Å²) in [6, 6.07) is 7.51. The minimum absolute atomic E-state index is 0.197. The summed E-state index contributed by atoms with van der Waals surface area (Å²) >= 11 is 0. The highest BCUT2D eigenvalue weighted by Crippen LogP contribution is 2.32. The van der Waals surface area contributed by atoms with Crippen molar-refractivity contribution < 1.29 is 28.1 Å². The number of hydrogen-bond acceptors (Lipinski definition) is 7. The minimum atomic E-state index is -0.218. The van der Waals surface area contributed by atoms with Crippen molar-refractivity contribution in [3.05, 3.63) is 52.7 Å². The lowest BCUT2D eigenvalue weighted by atomic mass is 10.2. The molecule has 0 N–H and O–H groups in total. The molecule has 0 aliphatic carbocycles. The summed E-state index contributed by atoms with van der Waals surface area (Å²) in [7, 11) is 3.29. The van der Waals surface area contributed by atoms with Crippen LogP contribution in [0.4, 0.5) is 0 Å². The lowest BCUT2D eigenvalue weighted by Gasteiger charge is -2.22. The standard InChI is InChI=1S/C26H33NO7/c1-29-23-14-19-9-11-27(21(19)16-24(23)30-2)10-5-3-6-12-31-25-18-33-20(15-22(25)28)17-34-26-8-4-7-13-32-26/h9,11,14-16,18,26H,3-8,10,12-13,17H2,1-2H3. The number of methoxy groups -OCH3 is 2. The second-order valence-electron chi connectivity index (χ2n) is 8.37. The van der Waals surface area contributed by atoms with E-state index < -0.39 is 0 Å². The van der Waals surface area contributed by atoms with Gasteiger partial charge in [0.15, 0.2) is 17.8 Å². The maximum Gasteiger partial charge on any atom is 0.227 e. The molecule has 3 aromatic rings. The highest BCUT2D eigenvalue weighted by Gasteiger charge is 2.15. The number of aryl methyl sites for hydroxylation is 1. The van der Waals surface area contributed by atoms with Gasteiger partial charge in [0.2, 0.25) is 11.2 Å². The summed E-state index contributed by atoms with van der Waals surface area (Å²) in [5.74, 6) is 2.16. The van der Waals surface area contributed by atoms with Crippen molar-refractivity contribution >= 4 is 10.9 Å². The van der Waals surface area contributed by atoms with Crippen molar-refractivity contribution in [3.63, 3.8) is 0 Å². The molecule has 0 radical (unpaired) electrons. The molecule has 1 unspecified atom stereocenters. The number of benzene rings is 1. The lowest BCUT2D eigenvalue weighted by Crippen LogP contribution is -2.22. The van der Waals surface area contributed by atoms with E-state index in [1.54, 1.807) is 14.2 Å². The smallest absolute Gasteiger partial charge is 0.227 e. The summed E-state index contributed by atoms with van der Waals surface area (Å²) < 4.78 is 35.4. The van der Waals surface area contributed by atoms with Gasteiger partial charge in [-0.05, 0) is 50.7 Å². The molecular formula is C26H33NO7. The topological polar surface area (TPSA) is 81.3 Å². The fraction of sp³-hybridized carbons (Fsp3) is 0.500. The third-order valence-corrected chi connectivity index (χ3v) is 5.98. The zero-order valence-corrected chi connectivity index (χ0v) is 19.9. The summed E-state index contributed by atoms with van der Waals surface area (Å²) in [6.45, 7) is 2.29. The van der Waals surface area contributed by atoms with Crippen molar-refractivity contribution in [2.75, 3.05) is 27.4 Å². The zero-order chi connectivity index (χ0) is 23.8. The Morgan fingerprint density at radius 3 is 2.65 bits per heavy atom. The molecular weight excluding hydrogens is 438 g/mol. The number of hydrogen-bond donors (Lipinski definition) is 0. The fourth-order valence-corrected chi connectivity index (χ4v) is 4.09. The molecule has 34 heavy (non-hydrogen) atoms. The predicted octanol–water partition coefficient (Wildman–Crippen LogP) is 4.90. The lowest BCUT2D eigenvalue weighted by molar-refractivity contribution is -0.171. The summed E-state index contributed by atoms with van der Waals surface area (Å²) in [5, 5.41) is 1.12. The Morgan fingerprint density at radius 2 is 1.88 bits per heavy atom. The van der Waals surface area contributed by atoms with Crippen LogP contribution in [0.2, 0.25) is 0 Å². The van der Waals surface area contributed by atoms with Crippen LogP contribution in [0.15, 0.2) is 45.9 Å². The Hall–Kier alpha value is -2.97. The van der Waals surface area contributed by atoms with E-state index in [9.17, 15) is 4.79 Å². The molecule has 0 saturated carbocycles. The second-order valence-corrected chi connectivity index (χ2v) is 8.37. The Morgan fingerprint density at radius 1 is 1.03 bits per heavy atom. The largest absolute Gasteiger partial charge is 0.493 e. The predicted molar refractivity (Wildman–Crippen MR) is 128 cm³/mol. The Labute approximate surface area is 199 Å². The van der Waals surface area contributed by atoms with Crippen LogP contribution in [0, 0.1) is 0 Å². The van der Waals surface area contributed by atoms with Gasteiger partial charge in [-0.3, -0.25) is 4.79 Å². The molecule has 8 nitrogen and oxygen atoms in total. The van der Waals surface area contributed by atoms with Crippen molar-refractivity contribution in [1.29, 1.82) is 0 Å². The van der Waals surface area contributed by atoms with Gasteiger partial charge in [0, 0.05) is 36.9 Å². The normalized spacial score (nSPS) is 16.0. The number of unbranched alkanes of at least 4 members (excludes halogenated alkanes) is 2. The molecule has 0 spiro atoms. The molecule has 1 aliphatic rings. The molecule has 1 atom stereocenters. The average Bonchev–Trinajstić information content (AvgIpc) is 3.27. The quantitative estimate of drug-likeness (QED) is 0.347. The molecule has 4 rings (SSSR count). The molecule has 1 saturated heterocycles. The van der Waals surface area contributed by atoms with Crippen molar-refractivity contribution in [2.45, 2.75) is 58.0 Å². The monoisotopic (exact) mass is 471 g/mol. The van der Waals surface area contributed by atoms with E-state index in [0.29, 0.717) is 19.0 Å². The molecule has 1 aliphatic heterocycles. The average molecular weight is 472 g/mol. The van der Waals surface area contributed by atoms with Crippen LogP contribution >= 0.6 is 0 Å². The number of nitrogens with zero attached hydrogens (tertiary/aromatic N) is 1. The molecule has 8 heteroatoms. The van der Waals surface area contributed by atoms with Crippen LogP contribution in [0.3, 0.4) is 0 Å². The summed E-state index contributed by atoms with van der Waals surface area (Å²) in [5.41, 5.74) is 0.920. The maximum absolute atomic E-state index is 12.3. The summed E-state index contributed by atoms with van der Waals surface area (Å²) in [4.78, 5) is 12.3. The summed E-state index contributed by atoms with van der Waals surface area (Å²) in [6.07, 6.45) is 9.08. The number of rotatable bonds is 12. The molecule has 184 valence electrons. The zero-order valence-electron chi connectivity index (χ0n) is 19.9. The number of aromatic nitrogens is 1. The van der Waals surface area contributed by atoms with Gasteiger partial charge in [0.25, 0.3) is 0 Å². The highest BCUT2D eigenvalue weighted by molar-refractivity contribution is 5.84. The Bertz CT molecular complexity index is 1110.